The average molecular weight is 429 g/mol. The van der Waals surface area contributed by atoms with Gasteiger partial charge >= 0.3 is 5.97 Å². The molecule has 4 rings (SSSR count). The van der Waals surface area contributed by atoms with Gasteiger partial charge in [0.1, 0.15) is 30.6 Å². The number of amides is 2. The number of carbonyl (C=O) groups excluding carboxylic acids is 3. The molecule has 0 radical (unpaired) electrons. The van der Waals surface area contributed by atoms with Gasteiger partial charge in [0.2, 0.25) is 5.88 Å². The van der Waals surface area contributed by atoms with Gasteiger partial charge < -0.3 is 19.8 Å². The maximum Gasteiger partial charge on any atom is 0.325 e. The minimum Gasteiger partial charge on any atom is -0.473 e. The van der Waals surface area contributed by atoms with E-state index in [1.165, 1.54) is 18.2 Å². The number of esters is 1. The summed E-state index contributed by atoms with van der Waals surface area (Å²) in [4.78, 5) is 46.0. The molecule has 3 heterocycles. The summed E-state index contributed by atoms with van der Waals surface area (Å²) in [5.74, 6) is -1.44. The monoisotopic (exact) mass is 428 g/mol. The molecule has 1 aliphatic heterocycles. The molecule has 30 heavy (non-hydrogen) atoms. The number of benzene rings is 1. The number of ether oxygens (including phenoxy) is 2. The zero-order valence-corrected chi connectivity index (χ0v) is 16.6. The Bertz CT molecular complexity index is 1150. The lowest BCUT2D eigenvalue weighted by Gasteiger charge is -2.23. The lowest BCUT2D eigenvalue weighted by molar-refractivity contribution is -0.140. The van der Waals surface area contributed by atoms with Crippen LogP contribution in [0, 0.1) is 0 Å². The van der Waals surface area contributed by atoms with Crippen molar-refractivity contribution in [1.82, 2.24) is 15.3 Å². The minimum atomic E-state index is -1.04. The molecule has 1 aromatic carbocycles. The summed E-state index contributed by atoms with van der Waals surface area (Å²) in [5, 5.41) is 3.97. The second-order valence-electron chi connectivity index (χ2n) is 6.58. The van der Waals surface area contributed by atoms with E-state index >= 15 is 0 Å². The number of carbonyl (C=O) groups is 3. The normalized spacial score (nSPS) is 15.9. The first-order valence-electron chi connectivity index (χ1n) is 9.01. The topological polar surface area (TPSA) is 114 Å². The molecule has 2 amide bonds. The van der Waals surface area contributed by atoms with Crippen molar-refractivity contribution in [1.29, 1.82) is 0 Å². The Labute approximate surface area is 175 Å². The van der Waals surface area contributed by atoms with Crippen LogP contribution in [-0.2, 0) is 14.3 Å². The molecule has 2 N–H and O–H groups in total. The van der Waals surface area contributed by atoms with Crippen molar-refractivity contribution in [2.45, 2.75) is 6.04 Å². The maximum absolute atomic E-state index is 13.1. The van der Waals surface area contributed by atoms with Gasteiger partial charge in [-0.25, -0.2) is 4.98 Å². The van der Waals surface area contributed by atoms with Crippen LogP contribution in [0.1, 0.15) is 10.5 Å². The lowest BCUT2D eigenvalue weighted by Crippen LogP contribution is -2.51. The third-order valence-electron chi connectivity index (χ3n) is 4.64. The smallest absolute Gasteiger partial charge is 0.325 e. The SMILES string of the molecule is COC(=O)CN1C(=O)C(NC(=O)c2cc3cc(Cl)ccc3[nH]2)COc2ncccc21. The quantitative estimate of drug-likeness (QED) is 0.614. The van der Waals surface area contributed by atoms with Gasteiger partial charge in [0.05, 0.1) is 7.11 Å². The largest absolute Gasteiger partial charge is 0.473 e. The van der Waals surface area contributed by atoms with Gasteiger partial charge in [-0.15, -0.1) is 0 Å². The second-order valence-corrected chi connectivity index (χ2v) is 7.02. The van der Waals surface area contributed by atoms with E-state index in [0.717, 1.165) is 10.9 Å². The van der Waals surface area contributed by atoms with Crippen LogP contribution in [0.5, 0.6) is 5.88 Å². The van der Waals surface area contributed by atoms with Crippen molar-refractivity contribution in [2.24, 2.45) is 0 Å². The average Bonchev–Trinajstić information content (AvgIpc) is 3.12. The number of nitrogens with one attached hydrogen (secondary N) is 2. The molecular weight excluding hydrogens is 412 g/mol. The van der Waals surface area contributed by atoms with Crippen molar-refractivity contribution >= 4 is 46.0 Å². The third-order valence-corrected chi connectivity index (χ3v) is 4.88. The number of aromatic nitrogens is 2. The molecule has 0 aliphatic carbocycles. The highest BCUT2D eigenvalue weighted by Crippen LogP contribution is 2.29. The molecule has 1 unspecified atom stereocenters. The highest BCUT2D eigenvalue weighted by Gasteiger charge is 2.34. The summed E-state index contributed by atoms with van der Waals surface area (Å²) in [6, 6.07) is 9.02. The number of hydrogen-bond acceptors (Lipinski definition) is 6. The zero-order chi connectivity index (χ0) is 21.3. The molecule has 154 valence electrons. The Morgan fingerprint density at radius 3 is 3.00 bits per heavy atom. The fourth-order valence-corrected chi connectivity index (χ4v) is 3.34. The molecule has 0 bridgehead atoms. The van der Waals surface area contributed by atoms with Gasteiger partial charge in [0.15, 0.2) is 0 Å². The molecule has 10 heteroatoms. The predicted molar refractivity (Wildman–Crippen MR) is 109 cm³/mol. The Balaban J connectivity index is 1.59. The van der Waals surface area contributed by atoms with Gasteiger partial charge in [-0.05, 0) is 36.4 Å². The summed E-state index contributed by atoms with van der Waals surface area (Å²) in [6.07, 6.45) is 1.51. The van der Waals surface area contributed by atoms with E-state index in [9.17, 15) is 14.4 Å². The number of anilines is 1. The van der Waals surface area contributed by atoms with Crippen molar-refractivity contribution in [3.05, 3.63) is 53.3 Å². The van der Waals surface area contributed by atoms with Crippen LogP contribution in [0.25, 0.3) is 10.9 Å². The Kier molecular flexibility index (Phi) is 5.28. The second kappa shape index (κ2) is 8.03. The van der Waals surface area contributed by atoms with E-state index in [1.54, 1.807) is 36.4 Å². The van der Waals surface area contributed by atoms with Gasteiger partial charge in [-0.3, -0.25) is 19.3 Å². The minimum absolute atomic E-state index is 0.141. The zero-order valence-electron chi connectivity index (χ0n) is 15.8. The van der Waals surface area contributed by atoms with E-state index in [4.69, 9.17) is 16.3 Å². The van der Waals surface area contributed by atoms with Crippen molar-refractivity contribution in [3.63, 3.8) is 0 Å². The van der Waals surface area contributed by atoms with E-state index in [0.29, 0.717) is 10.7 Å². The number of H-pyrrole nitrogens is 1. The molecule has 0 fully saturated rings. The van der Waals surface area contributed by atoms with Crippen LogP contribution in [0.15, 0.2) is 42.6 Å². The van der Waals surface area contributed by atoms with Crippen LogP contribution >= 0.6 is 11.6 Å². The van der Waals surface area contributed by atoms with Crippen molar-refractivity contribution < 1.29 is 23.9 Å². The van der Waals surface area contributed by atoms with Crippen LogP contribution in [0.4, 0.5) is 5.69 Å². The van der Waals surface area contributed by atoms with Gasteiger partial charge in [-0.2, -0.15) is 0 Å². The van der Waals surface area contributed by atoms with Gasteiger partial charge in [0, 0.05) is 22.1 Å². The van der Waals surface area contributed by atoms with E-state index in [-0.39, 0.29) is 24.7 Å². The van der Waals surface area contributed by atoms with Crippen LogP contribution in [0.3, 0.4) is 0 Å². The van der Waals surface area contributed by atoms with Crippen molar-refractivity contribution in [2.75, 3.05) is 25.2 Å². The van der Waals surface area contributed by atoms with Gasteiger partial charge in [-0.1, -0.05) is 11.6 Å². The first-order chi connectivity index (χ1) is 14.5. The van der Waals surface area contributed by atoms with E-state index in [1.807, 2.05) is 0 Å². The Morgan fingerprint density at radius 2 is 2.20 bits per heavy atom. The van der Waals surface area contributed by atoms with Crippen LogP contribution < -0.4 is 15.0 Å². The highest BCUT2D eigenvalue weighted by atomic mass is 35.5. The number of aromatic amines is 1. The molecule has 1 aliphatic rings. The Morgan fingerprint density at radius 1 is 1.37 bits per heavy atom. The number of nitrogens with zero attached hydrogens (tertiary/aromatic N) is 2. The van der Waals surface area contributed by atoms with Crippen LogP contribution in [-0.4, -0.2) is 54.1 Å². The number of hydrogen-bond donors (Lipinski definition) is 2. The molecule has 1 atom stereocenters. The number of rotatable bonds is 4. The van der Waals surface area contributed by atoms with E-state index in [2.05, 4.69) is 20.0 Å². The summed E-state index contributed by atoms with van der Waals surface area (Å²) in [5.41, 5.74) is 1.32. The standard InChI is InChI=1S/C20H17ClN4O5/c1-29-17(26)9-25-16-3-2-6-22-19(16)30-10-15(20(25)28)24-18(27)14-8-11-7-12(21)4-5-13(11)23-14/h2-8,15,23H,9-10H2,1H3,(H,24,27). The fourth-order valence-electron chi connectivity index (χ4n) is 3.16. The maximum atomic E-state index is 13.1. The Hall–Kier alpha value is -3.59. The molecule has 0 spiro atoms. The highest BCUT2D eigenvalue weighted by molar-refractivity contribution is 6.31. The first-order valence-corrected chi connectivity index (χ1v) is 9.39. The summed E-state index contributed by atoms with van der Waals surface area (Å²) in [6.45, 7) is -0.479. The number of pyridine rings is 1. The number of halogens is 1. The predicted octanol–water partition coefficient (Wildman–Crippen LogP) is 1.91. The van der Waals surface area contributed by atoms with Crippen LogP contribution in [0.2, 0.25) is 5.02 Å². The number of fused-ring (bicyclic) bond motifs is 2. The molecular formula is C20H17ClN4O5. The van der Waals surface area contributed by atoms with Crippen molar-refractivity contribution in [3.8, 4) is 5.88 Å². The summed E-state index contributed by atoms with van der Waals surface area (Å²) in [7, 11) is 1.23. The van der Waals surface area contributed by atoms with Gasteiger partial charge in [0.25, 0.3) is 11.8 Å². The third kappa shape index (κ3) is 3.79. The van der Waals surface area contributed by atoms with E-state index < -0.39 is 23.8 Å². The summed E-state index contributed by atoms with van der Waals surface area (Å²) < 4.78 is 10.3. The first kappa shape index (κ1) is 19.7. The molecule has 0 saturated heterocycles. The molecule has 3 aromatic rings. The molecule has 2 aromatic heterocycles. The molecule has 0 saturated carbocycles. The number of methoxy groups -OCH3 is 1. The fraction of sp³-hybridized carbons (Fsp3) is 0.200. The molecule has 9 nitrogen and oxygen atoms in total. The summed E-state index contributed by atoms with van der Waals surface area (Å²) >= 11 is 5.99. The lowest BCUT2D eigenvalue weighted by atomic mass is 10.2.